The highest BCUT2D eigenvalue weighted by Gasteiger charge is 2.10. The predicted molar refractivity (Wildman–Crippen MR) is 79.8 cm³/mol. The van der Waals surface area contributed by atoms with Crippen LogP contribution in [0.15, 0.2) is 28.8 Å². The number of hydrogen-bond acceptors (Lipinski definition) is 4. The van der Waals surface area contributed by atoms with Gasteiger partial charge in [-0.25, -0.2) is 0 Å². The first-order chi connectivity index (χ1) is 9.69. The Morgan fingerprint density at radius 1 is 1.30 bits per heavy atom. The second-order valence-corrected chi connectivity index (χ2v) is 5.27. The molecule has 1 atom stereocenters. The maximum absolute atomic E-state index is 5.93. The Morgan fingerprint density at radius 2 is 2.05 bits per heavy atom. The van der Waals surface area contributed by atoms with Gasteiger partial charge in [-0.05, 0) is 31.0 Å². The summed E-state index contributed by atoms with van der Waals surface area (Å²) < 4.78 is 5.11. The third kappa shape index (κ3) is 4.32. The lowest BCUT2D eigenvalue weighted by molar-refractivity contribution is 0.367. The molecule has 1 unspecified atom stereocenters. The van der Waals surface area contributed by atoms with Crippen molar-refractivity contribution >= 4 is 11.6 Å². The van der Waals surface area contributed by atoms with Crippen LogP contribution in [0, 0.1) is 6.92 Å². The average molecular weight is 294 g/mol. The van der Waals surface area contributed by atoms with Crippen LogP contribution in [0.3, 0.4) is 0 Å². The molecule has 1 N–H and O–H groups in total. The second kappa shape index (κ2) is 7.41. The summed E-state index contributed by atoms with van der Waals surface area (Å²) in [5, 5.41) is 8.10. The number of aryl methyl sites for hydroxylation is 1. The van der Waals surface area contributed by atoms with Gasteiger partial charge in [0.05, 0.1) is 0 Å². The molecule has 0 aliphatic rings. The first-order valence-corrected chi connectivity index (χ1v) is 7.35. The molecule has 0 fully saturated rings. The van der Waals surface area contributed by atoms with Gasteiger partial charge in [-0.3, -0.25) is 0 Å². The van der Waals surface area contributed by atoms with Gasteiger partial charge in [0.15, 0.2) is 5.82 Å². The van der Waals surface area contributed by atoms with Crippen molar-refractivity contribution in [3.05, 3.63) is 46.6 Å². The van der Waals surface area contributed by atoms with E-state index in [4.69, 9.17) is 16.1 Å². The fraction of sp³-hybridized carbons (Fsp3) is 0.467. The Hall–Kier alpha value is -1.39. The number of hydrogen-bond donors (Lipinski definition) is 1. The highest BCUT2D eigenvalue weighted by atomic mass is 35.5. The molecule has 0 saturated heterocycles. The maximum Gasteiger partial charge on any atom is 0.227 e. The Balaban J connectivity index is 1.90. The fourth-order valence-electron chi connectivity index (χ4n) is 2.17. The second-order valence-electron chi connectivity index (χ2n) is 4.83. The summed E-state index contributed by atoms with van der Waals surface area (Å²) in [7, 11) is 0. The molecule has 0 aliphatic heterocycles. The lowest BCUT2D eigenvalue weighted by Crippen LogP contribution is -2.23. The van der Waals surface area contributed by atoms with Crippen LogP contribution >= 0.6 is 11.6 Å². The lowest BCUT2D eigenvalue weighted by atomic mass is 10.0. The number of rotatable bonds is 7. The Labute approximate surface area is 124 Å². The minimum atomic E-state index is 0.335. The molecule has 20 heavy (non-hydrogen) atoms. The number of halogens is 1. The summed E-state index contributed by atoms with van der Waals surface area (Å²) in [5.74, 6) is 1.36. The summed E-state index contributed by atoms with van der Waals surface area (Å²) in [4.78, 5) is 4.20. The van der Waals surface area contributed by atoms with Crippen molar-refractivity contribution in [1.82, 2.24) is 15.5 Å². The Morgan fingerprint density at radius 3 is 2.65 bits per heavy atom. The number of benzene rings is 1. The van der Waals surface area contributed by atoms with Crippen LogP contribution in [-0.2, 0) is 6.42 Å². The van der Waals surface area contributed by atoms with Crippen LogP contribution in [0.1, 0.15) is 43.1 Å². The quantitative estimate of drug-likeness (QED) is 0.845. The number of nitrogens with one attached hydrogen (secondary N) is 1. The first-order valence-electron chi connectivity index (χ1n) is 6.97. The van der Waals surface area contributed by atoms with E-state index in [0.717, 1.165) is 30.8 Å². The standard InChI is InChI=1S/C15H20ClN3O/c1-3-4-14(12-5-7-13(16)8-6-12)17-10-9-15-18-11(2)19-20-15/h5-8,14,17H,3-4,9-10H2,1-2H3. The average Bonchev–Trinajstić information content (AvgIpc) is 2.84. The lowest BCUT2D eigenvalue weighted by Gasteiger charge is -2.18. The van der Waals surface area contributed by atoms with E-state index in [-0.39, 0.29) is 0 Å². The SMILES string of the molecule is CCCC(NCCc1nc(C)no1)c1ccc(Cl)cc1. The molecular formula is C15H20ClN3O. The number of aromatic nitrogens is 2. The largest absolute Gasteiger partial charge is 0.339 e. The highest BCUT2D eigenvalue weighted by Crippen LogP contribution is 2.20. The van der Waals surface area contributed by atoms with Gasteiger partial charge >= 0.3 is 0 Å². The van der Waals surface area contributed by atoms with Gasteiger partial charge in [0.25, 0.3) is 0 Å². The Kier molecular flexibility index (Phi) is 5.56. The monoisotopic (exact) mass is 293 g/mol. The molecule has 2 aromatic rings. The van der Waals surface area contributed by atoms with Gasteiger partial charge in [0.2, 0.25) is 5.89 Å². The van der Waals surface area contributed by atoms with Crippen LogP contribution < -0.4 is 5.32 Å². The first kappa shape index (κ1) is 15.0. The molecule has 1 aromatic carbocycles. The van der Waals surface area contributed by atoms with E-state index >= 15 is 0 Å². The van der Waals surface area contributed by atoms with E-state index in [1.54, 1.807) is 0 Å². The third-order valence-corrected chi connectivity index (χ3v) is 3.40. The summed E-state index contributed by atoms with van der Waals surface area (Å²) in [6.07, 6.45) is 2.96. The highest BCUT2D eigenvalue weighted by molar-refractivity contribution is 6.30. The molecule has 1 heterocycles. The predicted octanol–water partition coefficient (Wildman–Crippen LogP) is 3.70. The molecule has 4 nitrogen and oxygen atoms in total. The summed E-state index contributed by atoms with van der Waals surface area (Å²) >= 11 is 5.93. The zero-order valence-electron chi connectivity index (χ0n) is 11.9. The molecule has 0 saturated carbocycles. The van der Waals surface area contributed by atoms with Crippen LogP contribution in [0.2, 0.25) is 5.02 Å². The maximum atomic E-state index is 5.93. The van der Waals surface area contributed by atoms with Gasteiger partial charge < -0.3 is 9.84 Å². The molecule has 108 valence electrons. The van der Waals surface area contributed by atoms with Gasteiger partial charge in [-0.1, -0.05) is 42.2 Å². The summed E-state index contributed by atoms with van der Waals surface area (Å²) in [6, 6.07) is 8.35. The molecular weight excluding hydrogens is 274 g/mol. The van der Waals surface area contributed by atoms with Crippen molar-refractivity contribution in [2.45, 2.75) is 39.2 Å². The molecule has 0 amide bonds. The molecule has 0 spiro atoms. The number of nitrogens with zero attached hydrogens (tertiary/aromatic N) is 2. The van der Waals surface area contributed by atoms with Gasteiger partial charge in [-0.15, -0.1) is 0 Å². The van der Waals surface area contributed by atoms with E-state index in [1.165, 1.54) is 5.56 Å². The van der Waals surface area contributed by atoms with E-state index in [0.29, 0.717) is 17.8 Å². The molecule has 0 aliphatic carbocycles. The van der Waals surface area contributed by atoms with Crippen molar-refractivity contribution in [3.63, 3.8) is 0 Å². The summed E-state index contributed by atoms with van der Waals surface area (Å²) in [5.41, 5.74) is 1.26. The van der Waals surface area contributed by atoms with Crippen molar-refractivity contribution in [1.29, 1.82) is 0 Å². The van der Waals surface area contributed by atoms with Crippen molar-refractivity contribution in [3.8, 4) is 0 Å². The minimum absolute atomic E-state index is 0.335. The van der Waals surface area contributed by atoms with E-state index in [1.807, 2.05) is 19.1 Å². The molecule has 1 aromatic heterocycles. The van der Waals surface area contributed by atoms with Crippen molar-refractivity contribution in [2.24, 2.45) is 0 Å². The molecule has 0 bridgehead atoms. The van der Waals surface area contributed by atoms with Crippen LogP contribution in [-0.4, -0.2) is 16.7 Å². The van der Waals surface area contributed by atoms with Crippen molar-refractivity contribution in [2.75, 3.05) is 6.54 Å². The van der Waals surface area contributed by atoms with E-state index < -0.39 is 0 Å². The van der Waals surface area contributed by atoms with Gasteiger partial charge in [-0.2, -0.15) is 4.98 Å². The van der Waals surface area contributed by atoms with Crippen LogP contribution in [0.4, 0.5) is 0 Å². The minimum Gasteiger partial charge on any atom is -0.339 e. The van der Waals surface area contributed by atoms with Gasteiger partial charge in [0.1, 0.15) is 0 Å². The smallest absolute Gasteiger partial charge is 0.227 e. The Bertz CT molecular complexity index is 524. The van der Waals surface area contributed by atoms with Crippen molar-refractivity contribution < 1.29 is 4.52 Å². The normalized spacial score (nSPS) is 12.6. The third-order valence-electron chi connectivity index (χ3n) is 3.15. The molecule has 0 radical (unpaired) electrons. The summed E-state index contributed by atoms with van der Waals surface area (Å²) in [6.45, 7) is 4.83. The van der Waals surface area contributed by atoms with E-state index in [9.17, 15) is 0 Å². The zero-order chi connectivity index (χ0) is 14.4. The molecule has 5 heteroatoms. The van der Waals surface area contributed by atoms with E-state index in [2.05, 4.69) is 34.5 Å². The topological polar surface area (TPSA) is 51.0 Å². The van der Waals surface area contributed by atoms with Gasteiger partial charge in [0, 0.05) is 24.0 Å². The van der Waals surface area contributed by atoms with Crippen LogP contribution in [0.5, 0.6) is 0 Å². The molecule has 2 rings (SSSR count). The van der Waals surface area contributed by atoms with Crippen LogP contribution in [0.25, 0.3) is 0 Å². The fourth-order valence-corrected chi connectivity index (χ4v) is 2.29. The zero-order valence-corrected chi connectivity index (χ0v) is 12.7.